The third kappa shape index (κ3) is 1.45. The molecular formula is C11H10N6O. The Morgan fingerprint density at radius 1 is 1.44 bits per heavy atom. The molecule has 0 saturated heterocycles. The zero-order chi connectivity index (χ0) is 12.7. The number of aromatic nitrogens is 5. The van der Waals surface area contributed by atoms with Gasteiger partial charge in [0.2, 0.25) is 0 Å². The molecule has 0 aliphatic rings. The highest BCUT2D eigenvalue weighted by molar-refractivity contribution is 6.04. The summed E-state index contributed by atoms with van der Waals surface area (Å²) in [6, 6.07) is 1.73. The molecule has 3 aromatic rings. The number of nitrogens with zero attached hydrogens (tertiary/aromatic N) is 5. The van der Waals surface area contributed by atoms with E-state index in [1.807, 2.05) is 0 Å². The van der Waals surface area contributed by atoms with Gasteiger partial charge < -0.3 is 5.73 Å². The van der Waals surface area contributed by atoms with Crippen LogP contribution in [0.4, 0.5) is 0 Å². The second kappa shape index (κ2) is 3.66. The lowest BCUT2D eigenvalue weighted by Crippen LogP contribution is -2.12. The van der Waals surface area contributed by atoms with E-state index in [9.17, 15) is 4.79 Å². The van der Waals surface area contributed by atoms with E-state index in [4.69, 9.17) is 5.73 Å². The van der Waals surface area contributed by atoms with E-state index in [2.05, 4.69) is 15.2 Å². The number of hydrogen-bond acceptors (Lipinski definition) is 4. The second-order valence-corrected chi connectivity index (χ2v) is 3.88. The van der Waals surface area contributed by atoms with Crippen LogP contribution in [0, 0.1) is 0 Å². The molecular weight excluding hydrogens is 232 g/mol. The Hall–Kier alpha value is -2.70. The summed E-state index contributed by atoms with van der Waals surface area (Å²) in [7, 11) is 1.79. The van der Waals surface area contributed by atoms with Crippen LogP contribution in [0.2, 0.25) is 0 Å². The Morgan fingerprint density at radius 3 is 2.94 bits per heavy atom. The molecule has 90 valence electrons. The summed E-state index contributed by atoms with van der Waals surface area (Å²) in [5, 5.41) is 8.38. The van der Waals surface area contributed by atoms with Crippen LogP contribution in [0.25, 0.3) is 16.9 Å². The molecule has 0 bridgehead atoms. The number of nitrogens with two attached hydrogens (primary N) is 1. The first-order chi connectivity index (χ1) is 8.66. The second-order valence-electron chi connectivity index (χ2n) is 3.88. The fourth-order valence-corrected chi connectivity index (χ4v) is 1.86. The molecule has 3 aromatic heterocycles. The van der Waals surface area contributed by atoms with Crippen molar-refractivity contribution in [2.24, 2.45) is 12.8 Å². The summed E-state index contributed by atoms with van der Waals surface area (Å²) >= 11 is 0. The van der Waals surface area contributed by atoms with Gasteiger partial charge in [-0.25, -0.2) is 9.50 Å². The number of amides is 1. The smallest absolute Gasteiger partial charge is 0.254 e. The Labute approximate surface area is 102 Å². The van der Waals surface area contributed by atoms with E-state index in [0.29, 0.717) is 16.9 Å². The predicted molar refractivity (Wildman–Crippen MR) is 63.7 cm³/mol. The molecule has 0 spiro atoms. The fourth-order valence-electron chi connectivity index (χ4n) is 1.86. The highest BCUT2D eigenvalue weighted by Crippen LogP contribution is 2.24. The standard InChI is InChI=1S/C11H10N6O/c1-16-6-7(5-14-16)9-8(10(12)18)11-13-3-2-4-17(11)15-9/h2-6H,1H3,(H2,12,18). The number of rotatable bonds is 2. The van der Waals surface area contributed by atoms with Gasteiger partial charge in [0.1, 0.15) is 11.3 Å². The van der Waals surface area contributed by atoms with Gasteiger partial charge in [0, 0.05) is 31.2 Å². The molecule has 0 unspecified atom stereocenters. The van der Waals surface area contributed by atoms with Crippen LogP contribution in [0.15, 0.2) is 30.9 Å². The molecule has 0 aromatic carbocycles. The molecule has 7 heteroatoms. The van der Waals surface area contributed by atoms with Gasteiger partial charge in [-0.05, 0) is 6.07 Å². The van der Waals surface area contributed by atoms with Gasteiger partial charge >= 0.3 is 0 Å². The Balaban J connectivity index is 2.34. The summed E-state index contributed by atoms with van der Waals surface area (Å²) in [5.41, 5.74) is 7.39. The molecule has 3 rings (SSSR count). The van der Waals surface area contributed by atoms with Gasteiger partial charge in [0.15, 0.2) is 5.65 Å². The van der Waals surface area contributed by atoms with Crippen LogP contribution in [0.3, 0.4) is 0 Å². The van der Waals surface area contributed by atoms with Crippen molar-refractivity contribution in [2.45, 2.75) is 0 Å². The van der Waals surface area contributed by atoms with Gasteiger partial charge in [-0.1, -0.05) is 0 Å². The molecule has 0 aliphatic heterocycles. The maximum atomic E-state index is 11.6. The van der Waals surface area contributed by atoms with Gasteiger partial charge in [0.05, 0.1) is 6.20 Å². The van der Waals surface area contributed by atoms with Crippen molar-refractivity contribution in [1.82, 2.24) is 24.4 Å². The lowest BCUT2D eigenvalue weighted by molar-refractivity contribution is 0.100. The molecule has 0 fully saturated rings. The molecule has 0 saturated carbocycles. The molecule has 2 N–H and O–H groups in total. The highest BCUT2D eigenvalue weighted by atomic mass is 16.1. The van der Waals surface area contributed by atoms with Crippen LogP contribution in [0.5, 0.6) is 0 Å². The van der Waals surface area contributed by atoms with Gasteiger partial charge in [-0.2, -0.15) is 10.2 Å². The van der Waals surface area contributed by atoms with Crippen molar-refractivity contribution in [3.05, 3.63) is 36.4 Å². The quantitative estimate of drug-likeness (QED) is 0.696. The lowest BCUT2D eigenvalue weighted by atomic mass is 10.1. The van der Waals surface area contributed by atoms with Crippen LogP contribution in [-0.2, 0) is 7.05 Å². The van der Waals surface area contributed by atoms with Gasteiger partial charge in [0.25, 0.3) is 5.91 Å². The van der Waals surface area contributed by atoms with E-state index in [-0.39, 0.29) is 0 Å². The Bertz CT molecular complexity index is 741. The van der Waals surface area contributed by atoms with Crippen LogP contribution in [-0.4, -0.2) is 30.3 Å². The summed E-state index contributed by atoms with van der Waals surface area (Å²) in [6.07, 6.45) is 6.72. The van der Waals surface area contributed by atoms with E-state index < -0.39 is 5.91 Å². The van der Waals surface area contributed by atoms with E-state index >= 15 is 0 Å². The van der Waals surface area contributed by atoms with Crippen molar-refractivity contribution in [3.8, 4) is 11.3 Å². The zero-order valence-corrected chi connectivity index (χ0v) is 9.61. The molecule has 0 radical (unpaired) electrons. The molecule has 18 heavy (non-hydrogen) atoms. The maximum Gasteiger partial charge on any atom is 0.254 e. The van der Waals surface area contributed by atoms with Gasteiger partial charge in [-0.3, -0.25) is 9.48 Å². The number of aryl methyl sites for hydroxylation is 1. The highest BCUT2D eigenvalue weighted by Gasteiger charge is 2.20. The lowest BCUT2D eigenvalue weighted by Gasteiger charge is -1.94. The van der Waals surface area contributed by atoms with Crippen molar-refractivity contribution in [2.75, 3.05) is 0 Å². The topological polar surface area (TPSA) is 91.1 Å². The summed E-state index contributed by atoms with van der Waals surface area (Å²) < 4.78 is 3.17. The van der Waals surface area contributed by atoms with Crippen molar-refractivity contribution in [1.29, 1.82) is 0 Å². The zero-order valence-electron chi connectivity index (χ0n) is 9.61. The first-order valence-corrected chi connectivity index (χ1v) is 5.29. The SMILES string of the molecule is Cn1cc(-c2nn3cccnc3c2C(N)=O)cn1. The average molecular weight is 242 g/mol. The van der Waals surface area contributed by atoms with Crippen molar-refractivity contribution >= 4 is 11.6 Å². The number of hydrogen-bond donors (Lipinski definition) is 1. The average Bonchev–Trinajstić information content (AvgIpc) is 2.91. The summed E-state index contributed by atoms with van der Waals surface area (Å²) in [4.78, 5) is 15.7. The fraction of sp³-hybridized carbons (Fsp3) is 0.0909. The third-order valence-electron chi connectivity index (χ3n) is 2.62. The number of fused-ring (bicyclic) bond motifs is 1. The Morgan fingerprint density at radius 2 is 2.28 bits per heavy atom. The van der Waals surface area contributed by atoms with Crippen molar-refractivity contribution in [3.63, 3.8) is 0 Å². The van der Waals surface area contributed by atoms with E-state index in [0.717, 1.165) is 5.56 Å². The monoisotopic (exact) mass is 242 g/mol. The number of carbonyl (C=O) groups is 1. The van der Waals surface area contributed by atoms with Gasteiger partial charge in [-0.15, -0.1) is 0 Å². The van der Waals surface area contributed by atoms with Crippen molar-refractivity contribution < 1.29 is 4.79 Å². The third-order valence-corrected chi connectivity index (χ3v) is 2.62. The number of carbonyl (C=O) groups excluding carboxylic acids is 1. The molecule has 0 atom stereocenters. The minimum Gasteiger partial charge on any atom is -0.365 e. The minimum atomic E-state index is -0.553. The molecule has 1 amide bonds. The molecule has 3 heterocycles. The normalized spacial score (nSPS) is 10.9. The molecule has 0 aliphatic carbocycles. The minimum absolute atomic E-state index is 0.309. The first-order valence-electron chi connectivity index (χ1n) is 5.29. The Kier molecular flexibility index (Phi) is 2.12. The number of primary amides is 1. The van der Waals surface area contributed by atoms with Crippen LogP contribution < -0.4 is 5.73 Å². The summed E-state index contributed by atoms with van der Waals surface area (Å²) in [6.45, 7) is 0. The van der Waals surface area contributed by atoms with E-state index in [1.54, 1.807) is 42.6 Å². The molecule has 7 nitrogen and oxygen atoms in total. The van der Waals surface area contributed by atoms with Crippen LogP contribution >= 0.6 is 0 Å². The largest absolute Gasteiger partial charge is 0.365 e. The predicted octanol–water partition coefficient (Wildman–Crippen LogP) is 0.229. The van der Waals surface area contributed by atoms with E-state index in [1.165, 1.54) is 4.52 Å². The summed E-state index contributed by atoms with van der Waals surface area (Å²) in [5.74, 6) is -0.553. The van der Waals surface area contributed by atoms with Crippen LogP contribution in [0.1, 0.15) is 10.4 Å². The maximum absolute atomic E-state index is 11.6. The first kappa shape index (κ1) is 10.5.